The molecular formula is C19H20N4O3S2. The normalized spacial score (nSPS) is 14.9. The smallest absolute Gasteiger partial charge is 0.244 e. The number of thiocarbonyl (C=S) groups is 1. The Morgan fingerprint density at radius 3 is 2.36 bits per heavy atom. The molecule has 9 heteroatoms. The second kappa shape index (κ2) is 8.56. The molecular weight excluding hydrogens is 396 g/mol. The lowest BCUT2D eigenvalue weighted by molar-refractivity contribution is 0.268. The van der Waals surface area contributed by atoms with Gasteiger partial charge >= 0.3 is 0 Å². The number of benzene rings is 2. The summed E-state index contributed by atoms with van der Waals surface area (Å²) in [6.45, 7) is 1.53. The van der Waals surface area contributed by atoms with Crippen LogP contribution in [0.4, 0.5) is 5.69 Å². The maximum absolute atomic E-state index is 12.9. The van der Waals surface area contributed by atoms with Gasteiger partial charge in [0.15, 0.2) is 5.11 Å². The van der Waals surface area contributed by atoms with E-state index in [0.29, 0.717) is 31.3 Å². The molecule has 0 bridgehead atoms. The molecule has 1 fully saturated rings. The van der Waals surface area contributed by atoms with E-state index in [1.165, 1.54) is 16.4 Å². The van der Waals surface area contributed by atoms with Crippen molar-refractivity contribution in [3.63, 3.8) is 0 Å². The highest BCUT2D eigenvalue weighted by molar-refractivity contribution is 7.89. The van der Waals surface area contributed by atoms with Crippen molar-refractivity contribution in [3.8, 4) is 11.8 Å². The van der Waals surface area contributed by atoms with Gasteiger partial charge in [-0.05, 0) is 48.6 Å². The minimum absolute atomic E-state index is 0.0462. The molecule has 1 aliphatic heterocycles. The molecule has 1 heterocycles. The van der Waals surface area contributed by atoms with Crippen LogP contribution in [0.25, 0.3) is 0 Å². The maximum Gasteiger partial charge on any atom is 0.244 e. The third-order valence-electron chi connectivity index (χ3n) is 4.49. The number of nitrogens with zero attached hydrogens (tertiary/aromatic N) is 3. The fraction of sp³-hybridized carbons (Fsp3) is 0.263. The number of sulfonamides is 1. The van der Waals surface area contributed by atoms with Gasteiger partial charge in [-0.3, -0.25) is 0 Å². The van der Waals surface area contributed by atoms with E-state index in [0.717, 1.165) is 11.4 Å². The van der Waals surface area contributed by atoms with E-state index in [4.69, 9.17) is 17.0 Å². The summed E-state index contributed by atoms with van der Waals surface area (Å²) in [5, 5.41) is 12.9. The Labute approximate surface area is 170 Å². The molecule has 1 saturated heterocycles. The minimum Gasteiger partial charge on any atom is -0.497 e. The lowest BCUT2D eigenvalue weighted by Gasteiger charge is -2.35. The van der Waals surface area contributed by atoms with Crippen molar-refractivity contribution in [1.29, 1.82) is 5.26 Å². The van der Waals surface area contributed by atoms with Gasteiger partial charge in [0.2, 0.25) is 10.0 Å². The highest BCUT2D eigenvalue weighted by atomic mass is 32.2. The van der Waals surface area contributed by atoms with Crippen LogP contribution in [0, 0.1) is 11.3 Å². The highest BCUT2D eigenvalue weighted by Crippen LogP contribution is 2.21. The van der Waals surface area contributed by atoms with E-state index in [1.54, 1.807) is 19.2 Å². The second-order valence-corrected chi connectivity index (χ2v) is 8.45. The molecule has 0 radical (unpaired) electrons. The summed E-state index contributed by atoms with van der Waals surface area (Å²) in [5.41, 5.74) is 0.991. The quantitative estimate of drug-likeness (QED) is 0.765. The van der Waals surface area contributed by atoms with E-state index >= 15 is 0 Å². The average Bonchev–Trinajstić information content (AvgIpc) is 2.74. The van der Waals surface area contributed by atoms with Gasteiger partial charge in [0.1, 0.15) is 11.8 Å². The van der Waals surface area contributed by atoms with Crippen molar-refractivity contribution in [2.45, 2.75) is 4.90 Å². The number of anilines is 1. The number of piperazine rings is 1. The predicted octanol–water partition coefficient (Wildman–Crippen LogP) is 2.27. The molecule has 1 aliphatic rings. The third kappa shape index (κ3) is 4.25. The number of nitrogens with one attached hydrogen (secondary N) is 1. The van der Waals surface area contributed by atoms with Crippen LogP contribution >= 0.6 is 12.2 Å². The van der Waals surface area contributed by atoms with Gasteiger partial charge < -0.3 is 15.0 Å². The van der Waals surface area contributed by atoms with E-state index < -0.39 is 10.0 Å². The number of methoxy groups -OCH3 is 1. The van der Waals surface area contributed by atoms with E-state index in [1.807, 2.05) is 35.2 Å². The number of hydrogen-bond acceptors (Lipinski definition) is 5. The summed E-state index contributed by atoms with van der Waals surface area (Å²) < 4.78 is 32.3. The Morgan fingerprint density at radius 1 is 1.11 bits per heavy atom. The summed E-state index contributed by atoms with van der Waals surface area (Å²) >= 11 is 5.45. The van der Waals surface area contributed by atoms with Crippen molar-refractivity contribution in [2.75, 3.05) is 38.6 Å². The molecule has 2 aromatic rings. The number of ether oxygens (including phenoxy) is 1. The van der Waals surface area contributed by atoms with Crippen molar-refractivity contribution in [3.05, 3.63) is 54.1 Å². The van der Waals surface area contributed by atoms with Gasteiger partial charge in [-0.25, -0.2) is 8.42 Å². The fourth-order valence-corrected chi connectivity index (χ4v) is 4.80. The Balaban J connectivity index is 1.63. The molecule has 0 spiro atoms. The fourth-order valence-electron chi connectivity index (χ4n) is 2.93. The first-order valence-corrected chi connectivity index (χ1v) is 10.5. The summed E-state index contributed by atoms with van der Waals surface area (Å²) in [4.78, 5) is 1.98. The van der Waals surface area contributed by atoms with Crippen LogP contribution in [0.15, 0.2) is 53.4 Å². The minimum atomic E-state index is -3.71. The lowest BCUT2D eigenvalue weighted by atomic mass is 10.2. The Morgan fingerprint density at radius 2 is 1.75 bits per heavy atom. The van der Waals surface area contributed by atoms with E-state index in [9.17, 15) is 13.7 Å². The number of rotatable bonds is 4. The first-order valence-electron chi connectivity index (χ1n) is 8.65. The molecule has 7 nitrogen and oxygen atoms in total. The summed E-state index contributed by atoms with van der Waals surface area (Å²) in [7, 11) is -2.11. The highest BCUT2D eigenvalue weighted by Gasteiger charge is 2.30. The lowest BCUT2D eigenvalue weighted by Crippen LogP contribution is -2.51. The maximum atomic E-state index is 12.9. The topological polar surface area (TPSA) is 85.7 Å². The predicted molar refractivity (Wildman–Crippen MR) is 111 cm³/mol. The summed E-state index contributed by atoms with van der Waals surface area (Å²) in [6.07, 6.45) is 0. The zero-order chi connectivity index (χ0) is 20.1. The SMILES string of the molecule is COc1ccc(NC(=S)N2CCN(S(=O)(=O)c3ccccc3C#N)CC2)cc1. The van der Waals surface area contributed by atoms with Gasteiger partial charge in [-0.2, -0.15) is 9.57 Å². The van der Waals surface area contributed by atoms with Gasteiger partial charge in [0.25, 0.3) is 0 Å². The molecule has 0 aromatic heterocycles. The number of nitriles is 1. The Bertz CT molecular complexity index is 993. The molecule has 3 rings (SSSR count). The zero-order valence-electron chi connectivity index (χ0n) is 15.3. The molecule has 0 saturated carbocycles. The average molecular weight is 417 g/mol. The first-order chi connectivity index (χ1) is 13.5. The molecule has 0 atom stereocenters. The van der Waals surface area contributed by atoms with Crippen LogP contribution in [-0.2, 0) is 10.0 Å². The summed E-state index contributed by atoms with van der Waals surface area (Å²) in [5.74, 6) is 0.757. The van der Waals surface area contributed by atoms with Gasteiger partial charge in [-0.1, -0.05) is 12.1 Å². The van der Waals surface area contributed by atoms with Crippen LogP contribution in [0.5, 0.6) is 5.75 Å². The second-order valence-electron chi connectivity index (χ2n) is 6.16. The van der Waals surface area contributed by atoms with Crippen LogP contribution < -0.4 is 10.1 Å². The van der Waals surface area contributed by atoms with Gasteiger partial charge in [0, 0.05) is 31.9 Å². The van der Waals surface area contributed by atoms with E-state index in [-0.39, 0.29) is 10.5 Å². The van der Waals surface area contributed by atoms with Crippen LogP contribution in [-0.4, -0.2) is 56.0 Å². The molecule has 0 aliphatic carbocycles. The van der Waals surface area contributed by atoms with Crippen LogP contribution in [0.1, 0.15) is 5.56 Å². The molecule has 146 valence electrons. The Kier molecular flexibility index (Phi) is 6.14. The molecule has 2 aromatic carbocycles. The van der Waals surface area contributed by atoms with Gasteiger partial charge in [0.05, 0.1) is 17.6 Å². The summed E-state index contributed by atoms with van der Waals surface area (Å²) in [6, 6.07) is 15.6. The number of hydrogen-bond donors (Lipinski definition) is 1. The van der Waals surface area contributed by atoms with Crippen LogP contribution in [0.3, 0.4) is 0 Å². The molecule has 1 N–H and O–H groups in total. The standard InChI is InChI=1S/C19H20N4O3S2/c1-26-17-8-6-16(7-9-17)21-19(27)22-10-12-23(13-11-22)28(24,25)18-5-3-2-4-15(18)14-20/h2-9H,10-13H2,1H3,(H,21,27). The monoisotopic (exact) mass is 416 g/mol. The van der Waals surface area contributed by atoms with Crippen molar-refractivity contribution >= 4 is 33.0 Å². The van der Waals surface area contributed by atoms with Crippen LogP contribution in [0.2, 0.25) is 0 Å². The Hall–Kier alpha value is -2.67. The van der Waals surface area contributed by atoms with Crippen molar-refractivity contribution < 1.29 is 13.2 Å². The third-order valence-corrected chi connectivity index (χ3v) is 6.81. The van der Waals surface area contributed by atoms with E-state index in [2.05, 4.69) is 5.32 Å². The van der Waals surface area contributed by atoms with Crippen molar-refractivity contribution in [2.24, 2.45) is 0 Å². The molecule has 28 heavy (non-hydrogen) atoms. The largest absolute Gasteiger partial charge is 0.497 e. The van der Waals surface area contributed by atoms with Gasteiger partial charge in [-0.15, -0.1) is 0 Å². The first kappa shape index (κ1) is 20.1. The molecule has 0 unspecified atom stereocenters. The molecule has 0 amide bonds. The van der Waals surface area contributed by atoms with Crippen molar-refractivity contribution in [1.82, 2.24) is 9.21 Å². The zero-order valence-corrected chi connectivity index (χ0v) is 17.0.